The SMILES string of the molecule is COCCN(CCOC)CC1CC(C(C)C)CCC1=O. The normalized spacial score (nSPS) is 23.8. The van der Waals surface area contributed by atoms with Gasteiger partial charge in [0.1, 0.15) is 5.78 Å². The molecular formula is C16H31NO3. The summed E-state index contributed by atoms with van der Waals surface area (Å²) in [5.74, 6) is 2.02. The fourth-order valence-corrected chi connectivity index (χ4v) is 2.98. The van der Waals surface area contributed by atoms with Crippen molar-refractivity contribution in [3.05, 3.63) is 0 Å². The van der Waals surface area contributed by atoms with Gasteiger partial charge in [0.15, 0.2) is 0 Å². The molecule has 1 aliphatic rings. The van der Waals surface area contributed by atoms with Crippen molar-refractivity contribution >= 4 is 5.78 Å². The van der Waals surface area contributed by atoms with Gasteiger partial charge in [0.25, 0.3) is 0 Å². The number of rotatable bonds is 9. The predicted octanol–water partition coefficient (Wildman–Crippen LogP) is 2.22. The number of ketones is 1. The quantitative estimate of drug-likeness (QED) is 0.651. The highest BCUT2D eigenvalue weighted by Crippen LogP contribution is 2.32. The number of hydrogen-bond acceptors (Lipinski definition) is 4. The zero-order valence-electron chi connectivity index (χ0n) is 13.6. The lowest BCUT2D eigenvalue weighted by Gasteiger charge is -2.34. The van der Waals surface area contributed by atoms with E-state index >= 15 is 0 Å². The minimum absolute atomic E-state index is 0.199. The van der Waals surface area contributed by atoms with Crippen LogP contribution in [0.4, 0.5) is 0 Å². The monoisotopic (exact) mass is 285 g/mol. The van der Waals surface area contributed by atoms with Gasteiger partial charge in [-0.2, -0.15) is 0 Å². The summed E-state index contributed by atoms with van der Waals surface area (Å²) in [5.41, 5.74) is 0. The van der Waals surface area contributed by atoms with Crippen LogP contribution in [0.2, 0.25) is 0 Å². The molecular weight excluding hydrogens is 254 g/mol. The Morgan fingerprint density at radius 3 is 2.30 bits per heavy atom. The summed E-state index contributed by atoms with van der Waals surface area (Å²) in [6.07, 6.45) is 2.88. The Bertz CT molecular complexity index is 273. The van der Waals surface area contributed by atoms with Crippen molar-refractivity contribution in [2.24, 2.45) is 17.8 Å². The molecule has 2 unspecified atom stereocenters. The second kappa shape index (κ2) is 9.48. The van der Waals surface area contributed by atoms with Crippen molar-refractivity contribution < 1.29 is 14.3 Å². The van der Waals surface area contributed by atoms with Crippen molar-refractivity contribution in [1.29, 1.82) is 0 Å². The van der Waals surface area contributed by atoms with Gasteiger partial charge in [-0.25, -0.2) is 0 Å². The molecule has 118 valence electrons. The highest BCUT2D eigenvalue weighted by Gasteiger charge is 2.31. The van der Waals surface area contributed by atoms with E-state index in [2.05, 4.69) is 18.7 Å². The molecule has 0 aromatic heterocycles. The third kappa shape index (κ3) is 5.90. The molecule has 0 saturated heterocycles. The number of ether oxygens (including phenoxy) is 2. The van der Waals surface area contributed by atoms with Crippen LogP contribution in [0, 0.1) is 17.8 Å². The molecule has 0 radical (unpaired) electrons. The number of carbonyl (C=O) groups is 1. The molecule has 0 bridgehead atoms. The van der Waals surface area contributed by atoms with E-state index in [-0.39, 0.29) is 5.92 Å². The Morgan fingerprint density at radius 1 is 1.20 bits per heavy atom. The highest BCUT2D eigenvalue weighted by molar-refractivity contribution is 5.82. The van der Waals surface area contributed by atoms with Crippen LogP contribution in [0.3, 0.4) is 0 Å². The molecule has 0 spiro atoms. The minimum atomic E-state index is 0.199. The largest absolute Gasteiger partial charge is 0.383 e. The Labute approximate surface area is 123 Å². The highest BCUT2D eigenvalue weighted by atomic mass is 16.5. The van der Waals surface area contributed by atoms with Crippen molar-refractivity contribution in [2.75, 3.05) is 47.1 Å². The van der Waals surface area contributed by atoms with Gasteiger partial charge in [-0.1, -0.05) is 13.8 Å². The van der Waals surface area contributed by atoms with E-state index in [1.54, 1.807) is 14.2 Å². The molecule has 0 aromatic rings. The van der Waals surface area contributed by atoms with Gasteiger partial charge in [0.2, 0.25) is 0 Å². The fraction of sp³-hybridized carbons (Fsp3) is 0.938. The van der Waals surface area contributed by atoms with Crippen molar-refractivity contribution in [2.45, 2.75) is 33.1 Å². The summed E-state index contributed by atoms with van der Waals surface area (Å²) in [4.78, 5) is 14.5. The standard InChI is InChI=1S/C16H31NO3/c1-13(2)14-5-6-16(18)15(11-14)12-17(7-9-19-3)8-10-20-4/h13-15H,5-12H2,1-4H3. The molecule has 4 heteroatoms. The summed E-state index contributed by atoms with van der Waals surface area (Å²) in [5, 5.41) is 0. The van der Waals surface area contributed by atoms with Crippen LogP contribution in [0.25, 0.3) is 0 Å². The van der Waals surface area contributed by atoms with Gasteiger partial charge < -0.3 is 9.47 Å². The maximum atomic E-state index is 12.2. The summed E-state index contributed by atoms with van der Waals surface area (Å²) in [6.45, 7) is 8.55. The second-order valence-corrected chi connectivity index (χ2v) is 6.23. The summed E-state index contributed by atoms with van der Waals surface area (Å²) >= 11 is 0. The van der Waals surface area contributed by atoms with Crippen molar-refractivity contribution in [1.82, 2.24) is 4.90 Å². The maximum Gasteiger partial charge on any atom is 0.137 e. The smallest absolute Gasteiger partial charge is 0.137 e. The molecule has 1 saturated carbocycles. The molecule has 1 rings (SSSR count). The summed E-state index contributed by atoms with van der Waals surface area (Å²) in [6, 6.07) is 0. The second-order valence-electron chi connectivity index (χ2n) is 6.23. The van der Waals surface area contributed by atoms with Crippen molar-refractivity contribution in [3.63, 3.8) is 0 Å². The number of nitrogens with zero attached hydrogens (tertiary/aromatic N) is 1. The van der Waals surface area contributed by atoms with E-state index in [1.807, 2.05) is 0 Å². The van der Waals surface area contributed by atoms with Crippen LogP contribution in [-0.2, 0) is 14.3 Å². The fourth-order valence-electron chi connectivity index (χ4n) is 2.98. The lowest BCUT2D eigenvalue weighted by atomic mass is 9.75. The first-order chi connectivity index (χ1) is 9.58. The van der Waals surface area contributed by atoms with E-state index in [9.17, 15) is 4.79 Å². The lowest BCUT2D eigenvalue weighted by Crippen LogP contribution is -2.40. The lowest BCUT2D eigenvalue weighted by molar-refractivity contribution is -0.126. The Hall–Kier alpha value is -0.450. The van der Waals surface area contributed by atoms with Crippen LogP contribution in [0.5, 0.6) is 0 Å². The zero-order valence-corrected chi connectivity index (χ0v) is 13.6. The third-order valence-corrected chi connectivity index (χ3v) is 4.45. The first-order valence-electron chi connectivity index (χ1n) is 7.81. The average Bonchev–Trinajstić information content (AvgIpc) is 2.43. The summed E-state index contributed by atoms with van der Waals surface area (Å²) in [7, 11) is 3.43. The number of Topliss-reactive ketones (excluding diaryl/α,β-unsaturated/α-hetero) is 1. The molecule has 0 heterocycles. The first kappa shape index (κ1) is 17.6. The zero-order chi connectivity index (χ0) is 15.0. The summed E-state index contributed by atoms with van der Waals surface area (Å²) < 4.78 is 10.3. The van der Waals surface area contributed by atoms with Gasteiger partial charge in [-0.3, -0.25) is 9.69 Å². The van der Waals surface area contributed by atoms with E-state index in [0.717, 1.165) is 38.9 Å². The van der Waals surface area contributed by atoms with Gasteiger partial charge in [-0.05, 0) is 24.7 Å². The Kier molecular flexibility index (Phi) is 8.34. The van der Waals surface area contributed by atoms with E-state index in [4.69, 9.17) is 9.47 Å². The molecule has 1 fully saturated rings. The topological polar surface area (TPSA) is 38.8 Å². The van der Waals surface area contributed by atoms with Crippen LogP contribution >= 0.6 is 0 Å². The Balaban J connectivity index is 2.52. The molecule has 1 aliphatic carbocycles. The van der Waals surface area contributed by atoms with Gasteiger partial charge in [-0.15, -0.1) is 0 Å². The van der Waals surface area contributed by atoms with Crippen LogP contribution in [0.15, 0.2) is 0 Å². The van der Waals surface area contributed by atoms with E-state index < -0.39 is 0 Å². The molecule has 0 aliphatic heterocycles. The average molecular weight is 285 g/mol. The molecule has 0 aromatic carbocycles. The molecule has 0 amide bonds. The number of carbonyl (C=O) groups excluding carboxylic acids is 1. The minimum Gasteiger partial charge on any atom is -0.383 e. The molecule has 4 nitrogen and oxygen atoms in total. The van der Waals surface area contributed by atoms with Crippen LogP contribution in [0.1, 0.15) is 33.1 Å². The van der Waals surface area contributed by atoms with E-state index in [0.29, 0.717) is 30.8 Å². The van der Waals surface area contributed by atoms with Crippen LogP contribution < -0.4 is 0 Å². The number of methoxy groups -OCH3 is 2. The van der Waals surface area contributed by atoms with Crippen molar-refractivity contribution in [3.8, 4) is 0 Å². The van der Waals surface area contributed by atoms with Gasteiger partial charge in [0, 0.05) is 46.2 Å². The van der Waals surface area contributed by atoms with Crippen LogP contribution in [-0.4, -0.2) is 57.8 Å². The predicted molar refractivity (Wildman–Crippen MR) is 80.9 cm³/mol. The van der Waals surface area contributed by atoms with Gasteiger partial charge in [0.05, 0.1) is 13.2 Å². The Morgan fingerprint density at radius 2 is 1.80 bits per heavy atom. The maximum absolute atomic E-state index is 12.2. The number of hydrogen-bond donors (Lipinski definition) is 0. The molecule has 20 heavy (non-hydrogen) atoms. The van der Waals surface area contributed by atoms with Gasteiger partial charge >= 0.3 is 0 Å². The molecule has 0 N–H and O–H groups in total. The molecule has 2 atom stereocenters. The van der Waals surface area contributed by atoms with E-state index in [1.165, 1.54) is 0 Å². The third-order valence-electron chi connectivity index (χ3n) is 4.45. The first-order valence-corrected chi connectivity index (χ1v) is 7.81.